The predicted molar refractivity (Wildman–Crippen MR) is 96.3 cm³/mol. The number of carbonyl (C=O) groups excluding carboxylic acids is 2. The van der Waals surface area contributed by atoms with E-state index >= 15 is 0 Å². The highest BCUT2D eigenvalue weighted by Gasteiger charge is 2.47. The van der Waals surface area contributed by atoms with Crippen LogP contribution in [0.2, 0.25) is 0 Å². The summed E-state index contributed by atoms with van der Waals surface area (Å²) in [5.41, 5.74) is 0.944. The first-order valence-electron chi connectivity index (χ1n) is 9.45. The zero-order chi connectivity index (χ0) is 18.6. The summed E-state index contributed by atoms with van der Waals surface area (Å²) in [6, 6.07) is 5.60. The molecule has 0 radical (unpaired) electrons. The number of amides is 2. The molecule has 2 aliphatic heterocycles. The SMILES string of the molecule is O=C(NCCN1CCOCC1)C1CC1C(=O)NCc1ccc2c(c1)OCO2. The van der Waals surface area contributed by atoms with Gasteiger partial charge in [0.15, 0.2) is 11.5 Å². The molecule has 8 heteroatoms. The third-order valence-electron chi connectivity index (χ3n) is 5.20. The van der Waals surface area contributed by atoms with Gasteiger partial charge >= 0.3 is 0 Å². The van der Waals surface area contributed by atoms with Gasteiger partial charge in [-0.1, -0.05) is 6.07 Å². The van der Waals surface area contributed by atoms with E-state index in [4.69, 9.17) is 14.2 Å². The van der Waals surface area contributed by atoms with E-state index in [9.17, 15) is 9.59 Å². The first-order valence-corrected chi connectivity index (χ1v) is 9.45. The van der Waals surface area contributed by atoms with Crippen molar-refractivity contribution in [2.75, 3.05) is 46.2 Å². The van der Waals surface area contributed by atoms with E-state index in [0.29, 0.717) is 25.3 Å². The van der Waals surface area contributed by atoms with E-state index < -0.39 is 0 Å². The molecule has 1 aliphatic carbocycles. The Morgan fingerprint density at radius 1 is 1.04 bits per heavy atom. The van der Waals surface area contributed by atoms with E-state index in [1.807, 2.05) is 18.2 Å². The lowest BCUT2D eigenvalue weighted by atomic mass is 10.2. The van der Waals surface area contributed by atoms with Gasteiger partial charge in [-0.2, -0.15) is 0 Å². The topological polar surface area (TPSA) is 89.1 Å². The average Bonchev–Trinajstić information content (AvgIpc) is 3.37. The van der Waals surface area contributed by atoms with Crippen molar-refractivity contribution in [3.8, 4) is 11.5 Å². The van der Waals surface area contributed by atoms with Gasteiger partial charge in [-0.15, -0.1) is 0 Å². The van der Waals surface area contributed by atoms with Crippen molar-refractivity contribution >= 4 is 11.8 Å². The first-order chi connectivity index (χ1) is 13.2. The number of hydrogen-bond donors (Lipinski definition) is 2. The number of hydrogen-bond acceptors (Lipinski definition) is 6. The van der Waals surface area contributed by atoms with Crippen LogP contribution in [0, 0.1) is 11.8 Å². The molecule has 2 amide bonds. The molecule has 4 rings (SSSR count). The Morgan fingerprint density at radius 2 is 1.78 bits per heavy atom. The van der Waals surface area contributed by atoms with Gasteiger partial charge < -0.3 is 24.8 Å². The van der Waals surface area contributed by atoms with E-state index in [-0.39, 0.29) is 30.4 Å². The van der Waals surface area contributed by atoms with Crippen molar-refractivity contribution in [3.63, 3.8) is 0 Å². The Bertz CT molecular complexity index is 705. The summed E-state index contributed by atoms with van der Waals surface area (Å²) in [6.07, 6.45) is 0.621. The lowest BCUT2D eigenvalue weighted by Crippen LogP contribution is -2.41. The summed E-state index contributed by atoms with van der Waals surface area (Å²) in [7, 11) is 0. The van der Waals surface area contributed by atoms with Crippen LogP contribution >= 0.6 is 0 Å². The standard InChI is InChI=1S/C19H25N3O5/c23-18(20-3-4-22-5-7-25-8-6-22)14-10-15(14)19(24)21-11-13-1-2-16-17(9-13)27-12-26-16/h1-2,9,14-15H,3-8,10-12H2,(H,20,23)(H,21,24). The van der Waals surface area contributed by atoms with Gasteiger partial charge in [0.05, 0.1) is 25.0 Å². The summed E-state index contributed by atoms with van der Waals surface area (Å²) in [4.78, 5) is 26.7. The molecule has 0 bridgehead atoms. The van der Waals surface area contributed by atoms with E-state index in [1.165, 1.54) is 0 Å². The molecule has 2 atom stereocenters. The van der Waals surface area contributed by atoms with Crippen LogP contribution in [0.5, 0.6) is 11.5 Å². The molecule has 1 saturated heterocycles. The highest BCUT2D eigenvalue weighted by molar-refractivity contribution is 5.92. The lowest BCUT2D eigenvalue weighted by molar-refractivity contribution is -0.127. The second kappa shape index (κ2) is 8.14. The summed E-state index contributed by atoms with van der Waals surface area (Å²) in [5, 5.41) is 5.85. The molecule has 0 spiro atoms. The van der Waals surface area contributed by atoms with Crippen molar-refractivity contribution in [3.05, 3.63) is 23.8 Å². The Morgan fingerprint density at radius 3 is 2.59 bits per heavy atom. The molecule has 146 valence electrons. The summed E-state index contributed by atoms with van der Waals surface area (Å²) >= 11 is 0. The van der Waals surface area contributed by atoms with E-state index in [0.717, 1.165) is 44.2 Å². The molecular formula is C19H25N3O5. The summed E-state index contributed by atoms with van der Waals surface area (Å²) in [5.74, 6) is 0.910. The Labute approximate surface area is 158 Å². The minimum atomic E-state index is -0.220. The number of carbonyl (C=O) groups is 2. The zero-order valence-electron chi connectivity index (χ0n) is 15.2. The third kappa shape index (κ3) is 4.51. The lowest BCUT2D eigenvalue weighted by Gasteiger charge is -2.26. The van der Waals surface area contributed by atoms with Crippen molar-refractivity contribution in [1.29, 1.82) is 0 Å². The molecular weight excluding hydrogens is 350 g/mol. The van der Waals surface area contributed by atoms with Crippen molar-refractivity contribution in [1.82, 2.24) is 15.5 Å². The van der Waals surface area contributed by atoms with Crippen LogP contribution in [0.1, 0.15) is 12.0 Å². The smallest absolute Gasteiger partial charge is 0.231 e. The maximum absolute atomic E-state index is 12.3. The fourth-order valence-electron chi connectivity index (χ4n) is 3.44. The molecule has 2 heterocycles. The zero-order valence-corrected chi connectivity index (χ0v) is 15.2. The number of benzene rings is 1. The number of nitrogens with zero attached hydrogens (tertiary/aromatic N) is 1. The average molecular weight is 375 g/mol. The summed E-state index contributed by atoms with van der Waals surface area (Å²) in [6.45, 7) is 5.40. The molecule has 0 aromatic heterocycles. The van der Waals surface area contributed by atoms with Gasteiger partial charge in [-0.3, -0.25) is 14.5 Å². The number of rotatable bonds is 7. The quantitative estimate of drug-likeness (QED) is 0.704. The largest absolute Gasteiger partial charge is 0.454 e. The highest BCUT2D eigenvalue weighted by Crippen LogP contribution is 2.39. The van der Waals surface area contributed by atoms with Gasteiger partial charge in [-0.05, 0) is 24.1 Å². The molecule has 2 unspecified atom stereocenters. The Hall–Kier alpha value is -2.32. The maximum Gasteiger partial charge on any atom is 0.231 e. The van der Waals surface area contributed by atoms with Crippen molar-refractivity contribution in [2.24, 2.45) is 11.8 Å². The van der Waals surface area contributed by atoms with Gasteiger partial charge in [-0.25, -0.2) is 0 Å². The third-order valence-corrected chi connectivity index (χ3v) is 5.20. The monoisotopic (exact) mass is 375 g/mol. The van der Waals surface area contributed by atoms with Gasteiger partial charge in [0.2, 0.25) is 18.6 Å². The van der Waals surface area contributed by atoms with Gasteiger partial charge in [0.25, 0.3) is 0 Å². The Kier molecular flexibility index (Phi) is 5.45. The molecule has 1 aromatic rings. The molecule has 1 saturated carbocycles. The van der Waals surface area contributed by atoms with Crippen LogP contribution in [0.4, 0.5) is 0 Å². The van der Waals surface area contributed by atoms with Crippen LogP contribution in [0.3, 0.4) is 0 Å². The van der Waals surface area contributed by atoms with E-state index in [1.54, 1.807) is 0 Å². The Balaban J connectivity index is 1.16. The highest BCUT2D eigenvalue weighted by atomic mass is 16.7. The number of nitrogens with one attached hydrogen (secondary N) is 2. The van der Waals surface area contributed by atoms with Crippen LogP contribution < -0.4 is 20.1 Å². The minimum Gasteiger partial charge on any atom is -0.454 e. The number of fused-ring (bicyclic) bond motifs is 1. The molecule has 2 fully saturated rings. The molecule has 27 heavy (non-hydrogen) atoms. The normalized spacial score (nSPS) is 23.7. The maximum atomic E-state index is 12.3. The first kappa shape index (κ1) is 18.1. The fourth-order valence-corrected chi connectivity index (χ4v) is 3.44. The van der Waals surface area contributed by atoms with E-state index in [2.05, 4.69) is 15.5 Å². The summed E-state index contributed by atoms with van der Waals surface area (Å²) < 4.78 is 15.9. The predicted octanol–water partition coefficient (Wildman–Crippen LogP) is 0.116. The van der Waals surface area contributed by atoms with Crippen LogP contribution in [0.25, 0.3) is 0 Å². The van der Waals surface area contributed by atoms with Gasteiger partial charge in [0, 0.05) is 32.7 Å². The van der Waals surface area contributed by atoms with Crippen LogP contribution in [-0.4, -0.2) is 62.9 Å². The molecule has 2 N–H and O–H groups in total. The second-order valence-electron chi connectivity index (χ2n) is 7.10. The second-order valence-corrected chi connectivity index (χ2v) is 7.10. The van der Waals surface area contributed by atoms with Gasteiger partial charge in [0.1, 0.15) is 0 Å². The minimum absolute atomic E-state index is 0.0218. The molecule has 8 nitrogen and oxygen atoms in total. The van der Waals surface area contributed by atoms with Crippen LogP contribution in [-0.2, 0) is 20.9 Å². The molecule has 1 aromatic carbocycles. The number of morpholine rings is 1. The molecule has 3 aliphatic rings. The van der Waals surface area contributed by atoms with Crippen LogP contribution in [0.15, 0.2) is 18.2 Å². The fraction of sp³-hybridized carbons (Fsp3) is 0.579. The number of ether oxygens (including phenoxy) is 3. The van der Waals surface area contributed by atoms with Crippen molar-refractivity contribution < 1.29 is 23.8 Å². The van der Waals surface area contributed by atoms with Crippen molar-refractivity contribution in [2.45, 2.75) is 13.0 Å².